The molecule has 2 rings (SSSR count). The molecule has 0 unspecified atom stereocenters. The van der Waals surface area contributed by atoms with Gasteiger partial charge in [-0.15, -0.1) is 0 Å². The summed E-state index contributed by atoms with van der Waals surface area (Å²) in [5.41, 5.74) is 6.68. The fourth-order valence-electron chi connectivity index (χ4n) is 1.63. The Morgan fingerprint density at radius 3 is 2.68 bits per heavy atom. The maximum atomic E-state index is 11.0. The van der Waals surface area contributed by atoms with Crippen LogP contribution in [0.15, 0.2) is 41.0 Å². The van der Waals surface area contributed by atoms with Crippen LogP contribution in [0.3, 0.4) is 0 Å². The van der Waals surface area contributed by atoms with Gasteiger partial charge in [0.2, 0.25) is 5.82 Å². The predicted molar refractivity (Wildman–Crippen MR) is 76.8 cm³/mol. The quantitative estimate of drug-likeness (QED) is 0.666. The molecule has 6 nitrogen and oxygen atoms in total. The molecule has 0 bridgehead atoms. The van der Waals surface area contributed by atoms with Gasteiger partial charge in [-0.25, -0.2) is 4.98 Å². The first kappa shape index (κ1) is 13.3. The minimum absolute atomic E-state index is 0.108. The Kier molecular flexibility index (Phi) is 3.96. The predicted octanol–water partition coefficient (Wildman–Crippen LogP) is 2.95. The Labute approximate surface area is 117 Å². The third-order valence-corrected chi connectivity index (χ3v) is 3.13. The van der Waals surface area contributed by atoms with Crippen molar-refractivity contribution in [1.29, 1.82) is 0 Å². The van der Waals surface area contributed by atoms with Crippen molar-refractivity contribution in [1.82, 2.24) is 4.98 Å². The lowest BCUT2D eigenvalue weighted by atomic mass is 10.2. The zero-order valence-electron chi connectivity index (χ0n) is 9.84. The van der Waals surface area contributed by atoms with Crippen LogP contribution in [0.5, 0.6) is 0 Å². The molecule has 0 radical (unpaired) electrons. The maximum absolute atomic E-state index is 11.0. The number of nitrogens with two attached hydrogens (primary N) is 1. The largest absolute Gasteiger partial charge is 0.378 e. The first-order valence-corrected chi connectivity index (χ1v) is 6.25. The van der Waals surface area contributed by atoms with Gasteiger partial charge in [0, 0.05) is 12.7 Å². The number of nitro groups is 1. The molecule has 3 N–H and O–H groups in total. The van der Waals surface area contributed by atoms with E-state index in [4.69, 9.17) is 5.73 Å². The van der Waals surface area contributed by atoms with Crippen LogP contribution in [0.2, 0.25) is 0 Å². The number of nitrogens with zero attached hydrogens (tertiary/aromatic N) is 2. The molecule has 98 valence electrons. The van der Waals surface area contributed by atoms with Gasteiger partial charge >= 0.3 is 5.69 Å². The average Bonchev–Trinajstić information content (AvgIpc) is 2.40. The van der Waals surface area contributed by atoms with Gasteiger partial charge in [0.25, 0.3) is 0 Å². The Bertz CT molecular complexity index is 604. The average molecular weight is 323 g/mol. The highest BCUT2D eigenvalue weighted by Crippen LogP contribution is 2.35. The van der Waals surface area contributed by atoms with Crippen LogP contribution >= 0.6 is 15.9 Å². The number of hydrogen-bond donors (Lipinski definition) is 2. The van der Waals surface area contributed by atoms with Gasteiger partial charge in [-0.05, 0) is 21.5 Å². The number of hydrogen-bond acceptors (Lipinski definition) is 5. The second-order valence-electron chi connectivity index (χ2n) is 3.81. The molecule has 0 saturated heterocycles. The van der Waals surface area contributed by atoms with Crippen molar-refractivity contribution in [3.63, 3.8) is 0 Å². The first-order chi connectivity index (χ1) is 9.09. The molecular weight excluding hydrogens is 312 g/mol. The lowest BCUT2D eigenvalue weighted by Crippen LogP contribution is -2.07. The molecule has 1 aromatic heterocycles. The molecule has 2 aromatic rings. The van der Waals surface area contributed by atoms with Gasteiger partial charge in [-0.3, -0.25) is 10.1 Å². The molecule has 7 heteroatoms. The summed E-state index contributed by atoms with van der Waals surface area (Å²) >= 11 is 3.24. The van der Waals surface area contributed by atoms with Crippen LogP contribution in [-0.4, -0.2) is 9.91 Å². The Hall–Kier alpha value is -2.15. The van der Waals surface area contributed by atoms with E-state index < -0.39 is 4.92 Å². The van der Waals surface area contributed by atoms with Gasteiger partial charge < -0.3 is 11.1 Å². The molecule has 1 heterocycles. The van der Waals surface area contributed by atoms with E-state index >= 15 is 0 Å². The van der Waals surface area contributed by atoms with Crippen molar-refractivity contribution < 1.29 is 4.92 Å². The summed E-state index contributed by atoms with van der Waals surface area (Å²) in [5, 5.41) is 14.0. The highest BCUT2D eigenvalue weighted by molar-refractivity contribution is 9.10. The van der Waals surface area contributed by atoms with E-state index in [1.807, 2.05) is 30.3 Å². The van der Waals surface area contributed by atoms with Gasteiger partial charge in [0.05, 0.1) is 9.40 Å². The van der Waals surface area contributed by atoms with Crippen molar-refractivity contribution in [2.24, 2.45) is 0 Å². The molecule has 0 aliphatic carbocycles. The summed E-state index contributed by atoms with van der Waals surface area (Å²) in [5.74, 6) is -0.108. The number of nitrogens with one attached hydrogen (secondary N) is 1. The van der Waals surface area contributed by atoms with Crippen molar-refractivity contribution in [3.05, 3.63) is 56.7 Å². The van der Waals surface area contributed by atoms with Crippen molar-refractivity contribution in [2.75, 3.05) is 11.1 Å². The molecular formula is C12H11BrN4O2. The van der Waals surface area contributed by atoms with E-state index in [1.54, 1.807) is 0 Å². The lowest BCUT2D eigenvalue weighted by Gasteiger charge is -2.10. The molecule has 0 saturated carbocycles. The summed E-state index contributed by atoms with van der Waals surface area (Å²) < 4.78 is 0.504. The molecule has 0 atom stereocenters. The molecule has 19 heavy (non-hydrogen) atoms. The number of rotatable bonds is 4. The third-order valence-electron chi connectivity index (χ3n) is 2.53. The number of benzene rings is 1. The topological polar surface area (TPSA) is 94.1 Å². The minimum Gasteiger partial charge on any atom is -0.378 e. The molecule has 0 amide bonds. The highest BCUT2D eigenvalue weighted by atomic mass is 79.9. The van der Waals surface area contributed by atoms with Crippen molar-refractivity contribution >= 4 is 33.1 Å². The van der Waals surface area contributed by atoms with E-state index in [1.165, 1.54) is 6.20 Å². The minimum atomic E-state index is -0.541. The zero-order valence-corrected chi connectivity index (χ0v) is 11.4. The van der Waals surface area contributed by atoms with Crippen LogP contribution in [0.1, 0.15) is 5.56 Å². The SMILES string of the molecule is Nc1ncc(Br)c(NCc2ccccc2)c1[N+](=O)[O-]. The van der Waals surface area contributed by atoms with E-state index in [0.717, 1.165) is 5.56 Å². The maximum Gasteiger partial charge on any atom is 0.335 e. The Balaban J connectivity index is 2.29. The number of halogens is 1. The van der Waals surface area contributed by atoms with Crippen molar-refractivity contribution in [3.8, 4) is 0 Å². The van der Waals surface area contributed by atoms with Crippen LogP contribution in [-0.2, 0) is 6.54 Å². The monoisotopic (exact) mass is 322 g/mol. The molecule has 0 aliphatic heterocycles. The van der Waals surface area contributed by atoms with Crippen LogP contribution < -0.4 is 11.1 Å². The number of aromatic nitrogens is 1. The number of pyridine rings is 1. The summed E-state index contributed by atoms with van der Waals surface area (Å²) in [7, 11) is 0. The van der Waals surface area contributed by atoms with E-state index in [2.05, 4.69) is 26.2 Å². The summed E-state index contributed by atoms with van der Waals surface area (Å²) in [4.78, 5) is 14.3. The highest BCUT2D eigenvalue weighted by Gasteiger charge is 2.22. The van der Waals surface area contributed by atoms with Crippen LogP contribution in [0.4, 0.5) is 17.2 Å². The first-order valence-electron chi connectivity index (χ1n) is 5.45. The fourth-order valence-corrected chi connectivity index (χ4v) is 2.06. The second-order valence-corrected chi connectivity index (χ2v) is 4.67. The van der Waals surface area contributed by atoms with Gasteiger partial charge in [0.1, 0.15) is 5.69 Å². The summed E-state index contributed by atoms with van der Waals surface area (Å²) in [6.07, 6.45) is 1.44. The molecule has 0 fully saturated rings. The normalized spacial score (nSPS) is 10.2. The fraction of sp³-hybridized carbons (Fsp3) is 0.0833. The zero-order chi connectivity index (χ0) is 13.8. The summed E-state index contributed by atoms with van der Waals surface area (Å²) in [6.45, 7) is 0.462. The van der Waals surface area contributed by atoms with Gasteiger partial charge in [0.15, 0.2) is 0 Å². The second kappa shape index (κ2) is 5.66. The van der Waals surface area contributed by atoms with Crippen LogP contribution in [0, 0.1) is 10.1 Å². The summed E-state index contributed by atoms with van der Waals surface area (Å²) in [6, 6.07) is 9.57. The molecule has 1 aromatic carbocycles. The number of anilines is 2. The Morgan fingerprint density at radius 1 is 1.37 bits per heavy atom. The van der Waals surface area contributed by atoms with Gasteiger partial charge in [-0.1, -0.05) is 30.3 Å². The van der Waals surface area contributed by atoms with E-state index in [-0.39, 0.29) is 11.5 Å². The molecule has 0 spiro atoms. The van der Waals surface area contributed by atoms with Crippen molar-refractivity contribution in [2.45, 2.75) is 6.54 Å². The Morgan fingerprint density at radius 2 is 2.05 bits per heavy atom. The lowest BCUT2D eigenvalue weighted by molar-refractivity contribution is -0.383. The van der Waals surface area contributed by atoms with E-state index in [0.29, 0.717) is 16.7 Å². The smallest absolute Gasteiger partial charge is 0.335 e. The van der Waals surface area contributed by atoms with E-state index in [9.17, 15) is 10.1 Å². The molecule has 0 aliphatic rings. The standard InChI is InChI=1S/C12H11BrN4O2/c13-9-7-16-12(14)11(17(18)19)10(9)15-6-8-4-2-1-3-5-8/h1-5,7H,6H2,(H3,14,15,16). The van der Waals surface area contributed by atoms with Crippen LogP contribution in [0.25, 0.3) is 0 Å². The third kappa shape index (κ3) is 3.00. The number of nitrogen functional groups attached to an aromatic ring is 1. The van der Waals surface area contributed by atoms with Gasteiger partial charge in [-0.2, -0.15) is 0 Å².